The van der Waals surface area contributed by atoms with Gasteiger partial charge in [0.05, 0.1) is 6.10 Å². The molecule has 0 amide bonds. The Hall–Kier alpha value is -2.30. The lowest BCUT2D eigenvalue weighted by molar-refractivity contribution is 0.234. The lowest BCUT2D eigenvalue weighted by Gasteiger charge is -2.15. The van der Waals surface area contributed by atoms with Gasteiger partial charge in [-0.3, -0.25) is 0 Å². The zero-order valence-corrected chi connectivity index (χ0v) is 12.8. The highest BCUT2D eigenvalue weighted by Gasteiger charge is 2.12. The summed E-state index contributed by atoms with van der Waals surface area (Å²) in [6.45, 7) is 6.03. The third kappa shape index (κ3) is 3.84. The molecule has 0 aliphatic heterocycles. The van der Waals surface area contributed by atoms with Gasteiger partial charge in [0.25, 0.3) is 0 Å². The Bertz CT molecular complexity index is 599. The Morgan fingerprint density at radius 1 is 1.24 bits per heavy atom. The SMILES string of the molecule is CCCc1ccccc1Nc1ncnc(OC(C)C)c1N. The number of nitrogen functional groups attached to an aromatic ring is 1. The van der Waals surface area contributed by atoms with E-state index in [0.717, 1.165) is 18.5 Å². The molecule has 1 aromatic carbocycles. The monoisotopic (exact) mass is 286 g/mol. The van der Waals surface area contributed by atoms with Crippen LogP contribution in [0.15, 0.2) is 30.6 Å². The van der Waals surface area contributed by atoms with E-state index < -0.39 is 0 Å². The van der Waals surface area contributed by atoms with E-state index in [2.05, 4.69) is 28.3 Å². The number of hydrogen-bond acceptors (Lipinski definition) is 5. The van der Waals surface area contributed by atoms with Crippen LogP contribution >= 0.6 is 0 Å². The van der Waals surface area contributed by atoms with Crippen LogP contribution in [-0.2, 0) is 6.42 Å². The van der Waals surface area contributed by atoms with Crippen molar-refractivity contribution < 1.29 is 4.74 Å². The largest absolute Gasteiger partial charge is 0.473 e. The van der Waals surface area contributed by atoms with Crippen molar-refractivity contribution in [1.29, 1.82) is 0 Å². The van der Waals surface area contributed by atoms with E-state index in [1.807, 2.05) is 32.0 Å². The molecule has 5 nitrogen and oxygen atoms in total. The highest BCUT2D eigenvalue weighted by atomic mass is 16.5. The predicted molar refractivity (Wildman–Crippen MR) is 85.9 cm³/mol. The maximum atomic E-state index is 6.09. The number of benzene rings is 1. The number of para-hydroxylation sites is 1. The zero-order valence-electron chi connectivity index (χ0n) is 12.8. The van der Waals surface area contributed by atoms with Crippen molar-refractivity contribution in [3.05, 3.63) is 36.2 Å². The summed E-state index contributed by atoms with van der Waals surface area (Å²) in [5.74, 6) is 0.986. The standard InChI is InChI=1S/C16H22N4O/c1-4-7-12-8-5-6-9-13(12)20-15-14(17)16(19-10-18-15)21-11(2)3/h5-6,8-11H,4,7,17H2,1-3H3,(H,18,19,20). The number of anilines is 3. The van der Waals surface area contributed by atoms with Crippen LogP contribution < -0.4 is 15.8 Å². The van der Waals surface area contributed by atoms with Crippen LogP contribution in [0.5, 0.6) is 5.88 Å². The summed E-state index contributed by atoms with van der Waals surface area (Å²) in [7, 11) is 0. The smallest absolute Gasteiger partial charge is 0.242 e. The number of aryl methyl sites for hydroxylation is 1. The molecule has 21 heavy (non-hydrogen) atoms. The summed E-state index contributed by atoms with van der Waals surface area (Å²) in [5, 5.41) is 3.28. The summed E-state index contributed by atoms with van der Waals surface area (Å²) < 4.78 is 5.58. The molecular formula is C16H22N4O. The Kier molecular flexibility index (Phi) is 4.98. The minimum absolute atomic E-state index is 0.0161. The molecule has 1 heterocycles. The van der Waals surface area contributed by atoms with Gasteiger partial charge in [0.15, 0.2) is 5.82 Å². The Morgan fingerprint density at radius 2 is 2.00 bits per heavy atom. The van der Waals surface area contributed by atoms with Gasteiger partial charge >= 0.3 is 0 Å². The lowest BCUT2D eigenvalue weighted by atomic mass is 10.1. The molecule has 0 atom stereocenters. The third-order valence-corrected chi connectivity index (χ3v) is 2.98. The lowest BCUT2D eigenvalue weighted by Crippen LogP contribution is -2.11. The van der Waals surface area contributed by atoms with Crippen LogP contribution in [0.3, 0.4) is 0 Å². The molecule has 0 fully saturated rings. The summed E-state index contributed by atoms with van der Waals surface area (Å²) in [4.78, 5) is 8.30. The number of nitrogens with two attached hydrogens (primary N) is 1. The Balaban J connectivity index is 2.28. The third-order valence-electron chi connectivity index (χ3n) is 2.98. The van der Waals surface area contributed by atoms with Gasteiger partial charge in [0, 0.05) is 5.69 Å². The molecule has 0 spiro atoms. The summed E-state index contributed by atoms with van der Waals surface area (Å²) >= 11 is 0. The molecule has 0 aliphatic carbocycles. The molecule has 2 aromatic rings. The van der Waals surface area contributed by atoms with Crippen LogP contribution in [-0.4, -0.2) is 16.1 Å². The average Bonchev–Trinajstić information content (AvgIpc) is 2.45. The van der Waals surface area contributed by atoms with Gasteiger partial charge in [-0.15, -0.1) is 0 Å². The van der Waals surface area contributed by atoms with Crippen molar-refractivity contribution in [3.8, 4) is 5.88 Å². The van der Waals surface area contributed by atoms with Crippen molar-refractivity contribution in [2.45, 2.75) is 39.7 Å². The van der Waals surface area contributed by atoms with E-state index in [9.17, 15) is 0 Å². The minimum Gasteiger partial charge on any atom is -0.473 e. The maximum absolute atomic E-state index is 6.09. The van der Waals surface area contributed by atoms with Gasteiger partial charge in [-0.05, 0) is 31.9 Å². The minimum atomic E-state index is 0.0161. The van der Waals surface area contributed by atoms with Gasteiger partial charge in [0.1, 0.15) is 12.0 Å². The van der Waals surface area contributed by atoms with Crippen LogP contribution in [0.1, 0.15) is 32.8 Å². The fourth-order valence-electron chi connectivity index (χ4n) is 2.05. The second-order valence-electron chi connectivity index (χ2n) is 5.14. The molecule has 5 heteroatoms. The van der Waals surface area contributed by atoms with E-state index in [1.165, 1.54) is 11.9 Å². The molecule has 112 valence electrons. The molecule has 0 aliphatic rings. The van der Waals surface area contributed by atoms with E-state index >= 15 is 0 Å². The summed E-state index contributed by atoms with van der Waals surface area (Å²) in [6.07, 6.45) is 3.56. The fraction of sp³-hybridized carbons (Fsp3) is 0.375. The highest BCUT2D eigenvalue weighted by molar-refractivity contribution is 5.73. The van der Waals surface area contributed by atoms with Gasteiger partial charge in [-0.2, -0.15) is 4.98 Å². The van der Waals surface area contributed by atoms with E-state index in [-0.39, 0.29) is 6.10 Å². The van der Waals surface area contributed by atoms with Crippen molar-refractivity contribution >= 4 is 17.2 Å². The first-order chi connectivity index (χ1) is 10.1. The van der Waals surface area contributed by atoms with Gasteiger partial charge in [-0.25, -0.2) is 4.98 Å². The number of ether oxygens (including phenoxy) is 1. The highest BCUT2D eigenvalue weighted by Crippen LogP contribution is 2.29. The van der Waals surface area contributed by atoms with Crippen LogP contribution in [0.4, 0.5) is 17.2 Å². The number of nitrogens with one attached hydrogen (secondary N) is 1. The summed E-state index contributed by atoms with van der Waals surface area (Å²) in [5.41, 5.74) is 8.77. The fourth-order valence-corrected chi connectivity index (χ4v) is 2.05. The molecule has 0 saturated carbocycles. The first-order valence-electron chi connectivity index (χ1n) is 7.23. The topological polar surface area (TPSA) is 73.1 Å². The van der Waals surface area contributed by atoms with Gasteiger partial charge in [-0.1, -0.05) is 31.5 Å². The number of hydrogen-bond donors (Lipinski definition) is 2. The Morgan fingerprint density at radius 3 is 2.71 bits per heavy atom. The van der Waals surface area contributed by atoms with Crippen LogP contribution in [0.2, 0.25) is 0 Å². The van der Waals surface area contributed by atoms with Crippen LogP contribution in [0.25, 0.3) is 0 Å². The second-order valence-corrected chi connectivity index (χ2v) is 5.14. The zero-order chi connectivity index (χ0) is 15.2. The molecule has 3 N–H and O–H groups in total. The van der Waals surface area contributed by atoms with Crippen molar-refractivity contribution in [3.63, 3.8) is 0 Å². The number of nitrogens with zero attached hydrogens (tertiary/aromatic N) is 2. The molecule has 0 radical (unpaired) electrons. The van der Waals surface area contributed by atoms with E-state index in [4.69, 9.17) is 10.5 Å². The first kappa shape index (κ1) is 15.1. The van der Waals surface area contributed by atoms with Gasteiger partial charge in [0.2, 0.25) is 5.88 Å². The molecule has 2 rings (SSSR count). The van der Waals surface area contributed by atoms with Gasteiger partial charge < -0.3 is 15.8 Å². The average molecular weight is 286 g/mol. The summed E-state index contributed by atoms with van der Waals surface area (Å²) in [6, 6.07) is 8.15. The molecule has 1 aromatic heterocycles. The Labute approximate surface area is 125 Å². The molecule has 0 saturated heterocycles. The number of rotatable bonds is 6. The van der Waals surface area contributed by atoms with E-state index in [0.29, 0.717) is 17.4 Å². The molecular weight excluding hydrogens is 264 g/mol. The normalized spacial score (nSPS) is 10.7. The van der Waals surface area contributed by atoms with Crippen molar-refractivity contribution in [1.82, 2.24) is 9.97 Å². The van der Waals surface area contributed by atoms with Crippen molar-refractivity contribution in [2.75, 3.05) is 11.1 Å². The first-order valence-corrected chi connectivity index (χ1v) is 7.23. The molecule has 0 bridgehead atoms. The van der Waals surface area contributed by atoms with Crippen molar-refractivity contribution in [2.24, 2.45) is 0 Å². The van der Waals surface area contributed by atoms with Crippen LogP contribution in [0, 0.1) is 0 Å². The maximum Gasteiger partial charge on any atom is 0.242 e. The second kappa shape index (κ2) is 6.92. The number of aromatic nitrogens is 2. The predicted octanol–water partition coefficient (Wildman–Crippen LogP) is 3.54. The van der Waals surface area contributed by atoms with E-state index in [1.54, 1.807) is 0 Å². The molecule has 0 unspecified atom stereocenters. The quantitative estimate of drug-likeness (QED) is 0.849.